The highest BCUT2D eigenvalue weighted by molar-refractivity contribution is 5.92. The van der Waals surface area contributed by atoms with Gasteiger partial charge in [-0.2, -0.15) is 0 Å². The Hall–Kier alpha value is -2.34. The summed E-state index contributed by atoms with van der Waals surface area (Å²) in [7, 11) is 0. The van der Waals surface area contributed by atoms with Gasteiger partial charge in [0.1, 0.15) is 5.69 Å². The van der Waals surface area contributed by atoms with Crippen molar-refractivity contribution >= 4 is 5.91 Å². The molecule has 2 N–H and O–H groups in total. The predicted octanol–water partition coefficient (Wildman–Crippen LogP) is 0.822. The quantitative estimate of drug-likeness (QED) is 0.881. The molecule has 1 saturated heterocycles. The van der Waals surface area contributed by atoms with Gasteiger partial charge in [-0.05, 0) is 18.4 Å². The lowest BCUT2D eigenvalue weighted by molar-refractivity contribution is 0.0465. The van der Waals surface area contributed by atoms with Crippen LogP contribution in [0.3, 0.4) is 0 Å². The van der Waals surface area contributed by atoms with E-state index in [1.165, 1.54) is 10.8 Å². The summed E-state index contributed by atoms with van der Waals surface area (Å²) >= 11 is 0. The van der Waals surface area contributed by atoms with Crippen LogP contribution in [-0.2, 0) is 6.54 Å². The average molecular weight is 301 g/mol. The first kappa shape index (κ1) is 14.6. The summed E-state index contributed by atoms with van der Waals surface area (Å²) in [5.74, 6) is -0.215. The molecule has 0 bridgehead atoms. The maximum atomic E-state index is 12.6. The molecule has 0 saturated carbocycles. The standard InChI is InChI=1S/C16H19N3O3/c20-13-7-4-8-18(11-13)15(21)14-9-17-16(22)19(14)10-12-5-2-1-3-6-12/h1-3,5-6,9,13,20H,4,7-8,10-11H2,(H,17,22). The summed E-state index contributed by atoms with van der Waals surface area (Å²) < 4.78 is 1.44. The number of aliphatic hydroxyl groups excluding tert-OH is 1. The van der Waals surface area contributed by atoms with Gasteiger partial charge in [0.25, 0.3) is 5.91 Å². The summed E-state index contributed by atoms with van der Waals surface area (Å²) in [6.07, 6.45) is 2.47. The molecular weight excluding hydrogens is 282 g/mol. The Morgan fingerprint density at radius 2 is 2.09 bits per heavy atom. The van der Waals surface area contributed by atoms with Gasteiger partial charge in [-0.15, -0.1) is 0 Å². The third kappa shape index (κ3) is 2.96. The third-order valence-corrected chi connectivity index (χ3v) is 3.95. The Kier molecular flexibility index (Phi) is 4.11. The number of hydrogen-bond acceptors (Lipinski definition) is 3. The van der Waals surface area contributed by atoms with Gasteiger partial charge in [-0.3, -0.25) is 9.36 Å². The van der Waals surface area contributed by atoms with Crippen LogP contribution in [0.15, 0.2) is 41.3 Å². The number of nitrogens with zero attached hydrogens (tertiary/aromatic N) is 2. The summed E-state index contributed by atoms with van der Waals surface area (Å²) in [5, 5.41) is 9.71. The van der Waals surface area contributed by atoms with Crippen molar-refractivity contribution in [2.75, 3.05) is 13.1 Å². The molecule has 1 atom stereocenters. The number of aliphatic hydroxyl groups is 1. The number of β-amino-alcohol motifs (C(OH)–C–C–N with tert-alkyl or cyclic N) is 1. The van der Waals surface area contributed by atoms with Crippen LogP contribution in [0.4, 0.5) is 0 Å². The molecule has 1 aromatic heterocycles. The van der Waals surface area contributed by atoms with Crippen molar-refractivity contribution in [3.63, 3.8) is 0 Å². The van der Waals surface area contributed by atoms with E-state index in [-0.39, 0.29) is 11.6 Å². The lowest BCUT2D eigenvalue weighted by Crippen LogP contribution is -2.43. The maximum absolute atomic E-state index is 12.6. The summed E-state index contributed by atoms with van der Waals surface area (Å²) in [6, 6.07) is 9.53. The van der Waals surface area contributed by atoms with Crippen LogP contribution < -0.4 is 5.69 Å². The van der Waals surface area contributed by atoms with E-state index in [0.717, 1.165) is 12.0 Å². The minimum Gasteiger partial charge on any atom is -0.391 e. The molecule has 1 aromatic carbocycles. The van der Waals surface area contributed by atoms with Crippen LogP contribution in [0.1, 0.15) is 28.9 Å². The molecule has 1 unspecified atom stereocenters. The second kappa shape index (κ2) is 6.19. The maximum Gasteiger partial charge on any atom is 0.326 e. The van der Waals surface area contributed by atoms with E-state index in [1.807, 2.05) is 30.3 Å². The van der Waals surface area contributed by atoms with E-state index in [2.05, 4.69) is 4.98 Å². The largest absolute Gasteiger partial charge is 0.391 e. The number of imidazole rings is 1. The molecule has 1 aliphatic rings. The smallest absolute Gasteiger partial charge is 0.326 e. The second-order valence-corrected chi connectivity index (χ2v) is 5.60. The molecule has 0 spiro atoms. The van der Waals surface area contributed by atoms with Crippen molar-refractivity contribution in [1.82, 2.24) is 14.5 Å². The Morgan fingerprint density at radius 3 is 2.82 bits per heavy atom. The zero-order valence-electron chi connectivity index (χ0n) is 12.2. The number of aromatic amines is 1. The number of rotatable bonds is 3. The van der Waals surface area contributed by atoms with Crippen molar-refractivity contribution in [3.8, 4) is 0 Å². The number of piperidine rings is 1. The molecule has 6 nitrogen and oxygen atoms in total. The van der Waals surface area contributed by atoms with E-state index in [0.29, 0.717) is 31.7 Å². The molecule has 116 valence electrons. The van der Waals surface area contributed by atoms with Crippen LogP contribution in [0.25, 0.3) is 0 Å². The molecule has 6 heteroatoms. The Morgan fingerprint density at radius 1 is 1.32 bits per heavy atom. The number of carbonyl (C=O) groups excluding carboxylic acids is 1. The van der Waals surface area contributed by atoms with Crippen molar-refractivity contribution in [3.05, 3.63) is 58.3 Å². The van der Waals surface area contributed by atoms with E-state index >= 15 is 0 Å². The molecule has 1 fully saturated rings. The minimum atomic E-state index is -0.481. The zero-order valence-corrected chi connectivity index (χ0v) is 12.2. The molecule has 2 heterocycles. The van der Waals surface area contributed by atoms with Gasteiger partial charge in [0, 0.05) is 19.3 Å². The van der Waals surface area contributed by atoms with Gasteiger partial charge in [0.2, 0.25) is 0 Å². The van der Waals surface area contributed by atoms with E-state index in [9.17, 15) is 14.7 Å². The molecular formula is C16H19N3O3. The molecule has 2 aromatic rings. The summed E-state index contributed by atoms with van der Waals surface area (Å²) in [4.78, 5) is 28.8. The summed E-state index contributed by atoms with van der Waals surface area (Å²) in [5.41, 5.74) is 0.990. The first-order chi connectivity index (χ1) is 10.6. The van der Waals surface area contributed by atoms with Gasteiger partial charge in [0.15, 0.2) is 0 Å². The van der Waals surface area contributed by atoms with E-state index < -0.39 is 6.10 Å². The number of nitrogens with one attached hydrogen (secondary N) is 1. The third-order valence-electron chi connectivity index (χ3n) is 3.95. The molecule has 0 radical (unpaired) electrons. The number of benzene rings is 1. The molecule has 1 amide bonds. The fourth-order valence-electron chi connectivity index (χ4n) is 2.80. The average Bonchev–Trinajstić information content (AvgIpc) is 2.89. The summed E-state index contributed by atoms with van der Waals surface area (Å²) in [6.45, 7) is 1.28. The van der Waals surface area contributed by atoms with Gasteiger partial charge in [-0.25, -0.2) is 4.79 Å². The van der Waals surface area contributed by atoms with Crippen molar-refractivity contribution < 1.29 is 9.90 Å². The van der Waals surface area contributed by atoms with Crippen molar-refractivity contribution in [2.45, 2.75) is 25.5 Å². The van der Waals surface area contributed by atoms with Crippen LogP contribution in [0, 0.1) is 0 Å². The number of hydrogen-bond donors (Lipinski definition) is 2. The number of likely N-dealkylation sites (tertiary alicyclic amines) is 1. The van der Waals surface area contributed by atoms with Gasteiger partial charge < -0.3 is 15.0 Å². The first-order valence-electron chi connectivity index (χ1n) is 7.44. The lowest BCUT2D eigenvalue weighted by Gasteiger charge is -2.30. The second-order valence-electron chi connectivity index (χ2n) is 5.60. The number of H-pyrrole nitrogens is 1. The van der Waals surface area contributed by atoms with Crippen molar-refractivity contribution in [1.29, 1.82) is 0 Å². The van der Waals surface area contributed by atoms with Crippen molar-refractivity contribution in [2.24, 2.45) is 0 Å². The number of amides is 1. The normalized spacial score (nSPS) is 18.4. The van der Waals surface area contributed by atoms with Crippen LogP contribution in [0.2, 0.25) is 0 Å². The molecule has 0 aliphatic carbocycles. The molecule has 22 heavy (non-hydrogen) atoms. The molecule has 3 rings (SSSR count). The number of aromatic nitrogens is 2. The molecule has 1 aliphatic heterocycles. The highest BCUT2D eigenvalue weighted by Gasteiger charge is 2.25. The van der Waals surface area contributed by atoms with Gasteiger partial charge in [0.05, 0.1) is 12.6 Å². The first-order valence-corrected chi connectivity index (χ1v) is 7.44. The predicted molar refractivity (Wildman–Crippen MR) is 81.7 cm³/mol. The number of carbonyl (C=O) groups is 1. The Labute approximate surface area is 128 Å². The highest BCUT2D eigenvalue weighted by atomic mass is 16.3. The van der Waals surface area contributed by atoms with E-state index in [1.54, 1.807) is 4.90 Å². The Balaban J connectivity index is 1.85. The van der Waals surface area contributed by atoms with Crippen LogP contribution in [-0.4, -0.2) is 44.7 Å². The zero-order chi connectivity index (χ0) is 15.5. The van der Waals surface area contributed by atoms with E-state index in [4.69, 9.17) is 0 Å². The van der Waals surface area contributed by atoms with Crippen LogP contribution in [0.5, 0.6) is 0 Å². The monoisotopic (exact) mass is 301 g/mol. The SMILES string of the molecule is O=C(c1c[nH]c(=O)n1Cc1ccccc1)N1CCCC(O)C1. The highest BCUT2D eigenvalue weighted by Crippen LogP contribution is 2.13. The fourth-order valence-corrected chi connectivity index (χ4v) is 2.80. The Bertz CT molecular complexity index is 705. The fraction of sp³-hybridized carbons (Fsp3) is 0.375. The topological polar surface area (TPSA) is 78.3 Å². The van der Waals surface area contributed by atoms with Crippen LogP contribution >= 0.6 is 0 Å². The van der Waals surface area contributed by atoms with Gasteiger partial charge >= 0.3 is 5.69 Å². The van der Waals surface area contributed by atoms with Gasteiger partial charge in [-0.1, -0.05) is 30.3 Å². The minimum absolute atomic E-state index is 0.215. The lowest BCUT2D eigenvalue weighted by atomic mass is 10.1.